The number of morpholine rings is 1. The van der Waals surface area contributed by atoms with Gasteiger partial charge in [-0.25, -0.2) is 4.68 Å². The largest absolute Gasteiger partial charge is 0.379 e. The third-order valence-corrected chi connectivity index (χ3v) is 10.0. The number of rotatable bonds is 8. The number of aromatic nitrogens is 2. The number of allylic oxidation sites excluding steroid dienone is 1. The standard InChI is InChI=1S/C35H42N6O3/c1-35(34(36)43)32(42)28(26-10-4-6-12-29(26)38-35)21-37-33-27-11-5-7-13-30(27)41(39-33)31-20-23(22-40-16-18-44-19-17-40)14-15-25(31)24-8-2-3-9-24/h5,7,11,13-15,20,24H,2-4,6,8-10,12,16-19,21-22H2,1H3,(H2,36,43)(H,37,39). The number of nitrogens with one attached hydrogen (secondary N) is 1. The average molecular weight is 595 g/mol. The summed E-state index contributed by atoms with van der Waals surface area (Å²) in [5, 5.41) is 9.69. The van der Waals surface area contributed by atoms with Gasteiger partial charge >= 0.3 is 0 Å². The van der Waals surface area contributed by atoms with Gasteiger partial charge in [0.25, 0.3) is 5.91 Å². The number of hydrogen-bond acceptors (Lipinski definition) is 7. The lowest BCUT2D eigenvalue weighted by atomic mass is 9.78. The normalized spacial score (nSPS) is 23.2. The summed E-state index contributed by atoms with van der Waals surface area (Å²) in [5.74, 6) is 0.228. The van der Waals surface area contributed by atoms with E-state index in [0.29, 0.717) is 11.5 Å². The zero-order chi connectivity index (χ0) is 30.3. The van der Waals surface area contributed by atoms with Crippen LogP contribution < -0.4 is 11.1 Å². The maximum Gasteiger partial charge on any atom is 0.253 e. The number of primary amides is 1. The van der Waals surface area contributed by atoms with E-state index < -0.39 is 11.4 Å². The number of fused-ring (bicyclic) bond motifs is 2. The molecule has 3 aromatic rings. The molecule has 2 aliphatic carbocycles. The zero-order valence-corrected chi connectivity index (χ0v) is 25.6. The summed E-state index contributed by atoms with van der Waals surface area (Å²) < 4.78 is 7.67. The maximum atomic E-state index is 13.7. The Morgan fingerprint density at radius 1 is 1.07 bits per heavy atom. The van der Waals surface area contributed by atoms with Gasteiger partial charge in [0.2, 0.25) is 0 Å². The second kappa shape index (κ2) is 11.9. The van der Waals surface area contributed by atoms with E-state index in [1.54, 1.807) is 6.92 Å². The molecule has 1 amide bonds. The zero-order valence-electron chi connectivity index (χ0n) is 25.6. The summed E-state index contributed by atoms with van der Waals surface area (Å²) in [5.41, 5.74) is 11.4. The molecule has 1 aromatic heterocycles. The Balaban J connectivity index is 1.26. The van der Waals surface area contributed by atoms with E-state index in [9.17, 15) is 9.59 Å². The molecule has 1 unspecified atom stereocenters. The fourth-order valence-electron chi connectivity index (χ4n) is 7.47. The van der Waals surface area contributed by atoms with Gasteiger partial charge in [0.1, 0.15) is 0 Å². The maximum absolute atomic E-state index is 13.7. The van der Waals surface area contributed by atoms with Gasteiger partial charge < -0.3 is 15.8 Å². The van der Waals surface area contributed by atoms with Crippen molar-refractivity contribution in [1.29, 1.82) is 0 Å². The minimum atomic E-state index is -1.56. The first kappa shape index (κ1) is 28.9. The molecule has 2 aliphatic heterocycles. The van der Waals surface area contributed by atoms with Crippen LogP contribution in [0.4, 0.5) is 5.82 Å². The lowest BCUT2D eigenvalue weighted by Gasteiger charge is -2.32. The average Bonchev–Trinajstić information content (AvgIpc) is 3.71. The van der Waals surface area contributed by atoms with Crippen molar-refractivity contribution in [1.82, 2.24) is 14.7 Å². The van der Waals surface area contributed by atoms with Crippen molar-refractivity contribution < 1.29 is 14.3 Å². The lowest BCUT2D eigenvalue weighted by molar-refractivity contribution is -0.131. The van der Waals surface area contributed by atoms with E-state index in [4.69, 9.17) is 15.6 Å². The Kier molecular flexibility index (Phi) is 7.84. The van der Waals surface area contributed by atoms with Crippen molar-refractivity contribution in [3.05, 3.63) is 64.7 Å². The molecule has 2 saturated carbocycles. The van der Waals surface area contributed by atoms with Crippen LogP contribution in [0.3, 0.4) is 0 Å². The molecule has 0 spiro atoms. The monoisotopic (exact) mass is 594 g/mol. The summed E-state index contributed by atoms with van der Waals surface area (Å²) in [6.07, 6.45) is 8.45. The van der Waals surface area contributed by atoms with Gasteiger partial charge in [-0.15, -0.1) is 5.10 Å². The molecule has 0 bridgehead atoms. The summed E-state index contributed by atoms with van der Waals surface area (Å²) in [7, 11) is 0. The number of amides is 1. The fourth-order valence-corrected chi connectivity index (χ4v) is 7.47. The third kappa shape index (κ3) is 5.26. The predicted molar refractivity (Wildman–Crippen MR) is 172 cm³/mol. The van der Waals surface area contributed by atoms with Crippen LogP contribution in [-0.4, -0.2) is 70.5 Å². The molecular formula is C35H42N6O3. The molecule has 2 aromatic carbocycles. The second-order valence-electron chi connectivity index (χ2n) is 12.9. The number of para-hydroxylation sites is 1. The molecule has 1 atom stereocenters. The van der Waals surface area contributed by atoms with Gasteiger partial charge in [-0.3, -0.25) is 19.5 Å². The number of ketones is 1. The van der Waals surface area contributed by atoms with E-state index in [2.05, 4.69) is 56.3 Å². The van der Waals surface area contributed by atoms with E-state index in [1.165, 1.54) is 36.8 Å². The van der Waals surface area contributed by atoms with E-state index >= 15 is 0 Å². The van der Waals surface area contributed by atoms with Crippen molar-refractivity contribution >= 4 is 34.1 Å². The molecular weight excluding hydrogens is 552 g/mol. The molecule has 0 radical (unpaired) electrons. The topological polar surface area (TPSA) is 115 Å². The number of aliphatic imine (C=N–C) groups is 1. The quantitative estimate of drug-likeness (QED) is 0.352. The number of ether oxygens (including phenoxy) is 1. The number of carbonyl (C=O) groups is 2. The predicted octanol–water partition coefficient (Wildman–Crippen LogP) is 5.07. The summed E-state index contributed by atoms with van der Waals surface area (Å²) in [4.78, 5) is 33.2. The molecule has 44 heavy (non-hydrogen) atoms. The van der Waals surface area contributed by atoms with Crippen LogP contribution in [0.1, 0.15) is 75.3 Å². The van der Waals surface area contributed by atoms with Crippen molar-refractivity contribution in [3.63, 3.8) is 0 Å². The lowest BCUT2D eigenvalue weighted by Crippen LogP contribution is -2.51. The van der Waals surface area contributed by atoms with Gasteiger partial charge in [-0.1, -0.05) is 37.1 Å². The number of carbonyl (C=O) groups excluding carboxylic acids is 2. The van der Waals surface area contributed by atoms with Crippen molar-refractivity contribution in [2.75, 3.05) is 38.2 Å². The van der Waals surface area contributed by atoms with Gasteiger partial charge in [0.05, 0.1) is 24.4 Å². The SMILES string of the molecule is CC1(C(N)=O)N=C2CCCCC2=C(CNc2nn(-c3cc(CN4CCOCC4)ccc3C3CCCC3)c3ccccc23)C1=O. The number of nitrogens with zero attached hydrogens (tertiary/aromatic N) is 4. The Hall–Kier alpha value is -3.82. The Bertz CT molecular complexity index is 1660. The molecule has 9 heteroatoms. The highest BCUT2D eigenvalue weighted by molar-refractivity contribution is 6.25. The van der Waals surface area contributed by atoms with Crippen LogP contribution in [0.25, 0.3) is 16.6 Å². The summed E-state index contributed by atoms with van der Waals surface area (Å²) in [6, 6.07) is 15.2. The first-order valence-corrected chi connectivity index (χ1v) is 16.2. The van der Waals surface area contributed by atoms with Crippen molar-refractivity contribution in [2.24, 2.45) is 10.7 Å². The Morgan fingerprint density at radius 3 is 2.64 bits per heavy atom. The number of benzene rings is 2. The first-order valence-electron chi connectivity index (χ1n) is 16.2. The smallest absolute Gasteiger partial charge is 0.253 e. The minimum absolute atomic E-state index is 0.267. The molecule has 4 aliphatic rings. The number of nitrogens with two attached hydrogens (primary N) is 1. The molecule has 9 nitrogen and oxygen atoms in total. The van der Waals surface area contributed by atoms with Crippen molar-refractivity contribution in [2.45, 2.75) is 76.3 Å². The fraction of sp³-hybridized carbons (Fsp3) is 0.486. The van der Waals surface area contributed by atoms with Gasteiger partial charge in [0, 0.05) is 42.9 Å². The number of hydrogen-bond donors (Lipinski definition) is 2. The van der Waals surface area contributed by atoms with Gasteiger partial charge in [-0.05, 0) is 86.3 Å². The van der Waals surface area contributed by atoms with Crippen LogP contribution in [0, 0.1) is 0 Å². The van der Waals surface area contributed by atoms with Crippen LogP contribution in [-0.2, 0) is 20.9 Å². The highest BCUT2D eigenvalue weighted by Crippen LogP contribution is 2.39. The van der Waals surface area contributed by atoms with E-state index in [1.807, 2.05) is 6.07 Å². The van der Waals surface area contributed by atoms with Crippen LogP contribution >= 0.6 is 0 Å². The number of Topliss-reactive ketones (excluding diaryl/α,β-unsaturated/α-hetero) is 1. The van der Waals surface area contributed by atoms with Crippen LogP contribution in [0.5, 0.6) is 0 Å². The Morgan fingerprint density at radius 2 is 1.84 bits per heavy atom. The number of anilines is 1. The summed E-state index contributed by atoms with van der Waals surface area (Å²) >= 11 is 0. The van der Waals surface area contributed by atoms with E-state index in [0.717, 1.165) is 92.2 Å². The molecule has 7 rings (SSSR count). The second-order valence-corrected chi connectivity index (χ2v) is 12.9. The molecule has 230 valence electrons. The highest BCUT2D eigenvalue weighted by Gasteiger charge is 2.45. The Labute approximate surface area is 258 Å². The van der Waals surface area contributed by atoms with Crippen LogP contribution in [0.2, 0.25) is 0 Å². The minimum Gasteiger partial charge on any atom is -0.379 e. The molecule has 3 heterocycles. The highest BCUT2D eigenvalue weighted by atomic mass is 16.5. The molecule has 1 saturated heterocycles. The first-order chi connectivity index (χ1) is 21.4. The van der Waals surface area contributed by atoms with Gasteiger partial charge in [0.15, 0.2) is 17.1 Å². The van der Waals surface area contributed by atoms with Gasteiger partial charge in [-0.2, -0.15) is 0 Å². The summed E-state index contributed by atoms with van der Waals surface area (Å²) in [6.45, 7) is 6.13. The van der Waals surface area contributed by atoms with Crippen LogP contribution in [0.15, 0.2) is 58.6 Å². The molecule has 3 N–H and O–H groups in total. The third-order valence-electron chi connectivity index (χ3n) is 10.0. The van der Waals surface area contributed by atoms with E-state index in [-0.39, 0.29) is 12.3 Å². The number of dihydropyridines is 1. The van der Waals surface area contributed by atoms with Crippen molar-refractivity contribution in [3.8, 4) is 5.69 Å². The molecule has 3 fully saturated rings.